The van der Waals surface area contributed by atoms with Gasteiger partial charge in [-0.1, -0.05) is 18.2 Å². The third kappa shape index (κ3) is 3.28. The topological polar surface area (TPSA) is 61.5 Å². The summed E-state index contributed by atoms with van der Waals surface area (Å²) < 4.78 is 36.9. The number of rotatable bonds is 4. The van der Waals surface area contributed by atoms with Crippen LogP contribution in [0.1, 0.15) is 15.9 Å². The molecular weight excluding hydrogens is 280 g/mol. The minimum absolute atomic E-state index is 0.117. The zero-order valence-corrected chi connectivity index (χ0v) is 11.2. The molecule has 0 heterocycles. The maximum absolute atomic E-state index is 13.6. The van der Waals surface area contributed by atoms with Gasteiger partial charge in [-0.2, -0.15) is 0 Å². The van der Waals surface area contributed by atoms with Crippen LogP contribution in [-0.2, 0) is 11.3 Å². The van der Waals surface area contributed by atoms with Gasteiger partial charge in [-0.3, -0.25) is 0 Å². The van der Waals surface area contributed by atoms with E-state index >= 15 is 0 Å². The second-order valence-electron chi connectivity index (χ2n) is 4.24. The molecule has 0 unspecified atom stereocenters. The number of anilines is 1. The summed E-state index contributed by atoms with van der Waals surface area (Å²) in [6.45, 7) is -0.117. The van der Waals surface area contributed by atoms with Crippen LogP contribution < -0.4 is 10.5 Å². The molecule has 0 bridgehead atoms. The lowest BCUT2D eigenvalue weighted by molar-refractivity contribution is 0.0464. The van der Waals surface area contributed by atoms with Gasteiger partial charge in [-0.05, 0) is 12.1 Å². The average molecular weight is 293 g/mol. The van der Waals surface area contributed by atoms with Crippen molar-refractivity contribution in [3.8, 4) is 5.75 Å². The zero-order chi connectivity index (χ0) is 15.4. The van der Waals surface area contributed by atoms with Crippen LogP contribution in [0.3, 0.4) is 0 Å². The van der Waals surface area contributed by atoms with Crippen LogP contribution in [0, 0.1) is 11.6 Å². The number of nitrogen functional groups attached to an aromatic ring is 1. The fourth-order valence-corrected chi connectivity index (χ4v) is 1.76. The molecule has 0 amide bonds. The Kier molecular flexibility index (Phi) is 4.37. The molecular formula is C15H13F2NO3. The molecule has 0 fully saturated rings. The van der Waals surface area contributed by atoms with Crippen LogP contribution in [0.5, 0.6) is 5.75 Å². The quantitative estimate of drug-likeness (QED) is 0.695. The van der Waals surface area contributed by atoms with Gasteiger partial charge in [-0.25, -0.2) is 13.6 Å². The maximum Gasteiger partial charge on any atom is 0.341 e. The van der Waals surface area contributed by atoms with Crippen LogP contribution in [-0.4, -0.2) is 13.1 Å². The van der Waals surface area contributed by atoms with Gasteiger partial charge < -0.3 is 15.2 Å². The highest BCUT2D eigenvalue weighted by Crippen LogP contribution is 2.21. The second kappa shape index (κ2) is 6.21. The lowest BCUT2D eigenvalue weighted by atomic mass is 10.2. The Hall–Kier alpha value is -2.63. The SMILES string of the molecule is COc1ccccc1COC(=O)c1cc(F)c(N)cc1F. The summed E-state index contributed by atoms with van der Waals surface area (Å²) in [4.78, 5) is 11.8. The fourth-order valence-electron chi connectivity index (χ4n) is 1.76. The molecule has 21 heavy (non-hydrogen) atoms. The molecule has 0 aromatic heterocycles. The molecule has 2 rings (SSSR count). The smallest absolute Gasteiger partial charge is 0.341 e. The number of esters is 1. The van der Waals surface area contributed by atoms with Crippen LogP contribution in [0.2, 0.25) is 0 Å². The van der Waals surface area contributed by atoms with Crippen molar-refractivity contribution in [1.29, 1.82) is 0 Å². The highest BCUT2D eigenvalue weighted by molar-refractivity contribution is 5.90. The number of para-hydroxylation sites is 1. The van der Waals surface area contributed by atoms with Crippen LogP contribution in [0.15, 0.2) is 36.4 Å². The van der Waals surface area contributed by atoms with E-state index in [1.165, 1.54) is 7.11 Å². The normalized spacial score (nSPS) is 10.2. The number of hydrogen-bond acceptors (Lipinski definition) is 4. The van der Waals surface area contributed by atoms with Crippen molar-refractivity contribution in [2.24, 2.45) is 0 Å². The number of carbonyl (C=O) groups excluding carboxylic acids is 1. The number of carbonyl (C=O) groups is 1. The molecule has 0 aliphatic carbocycles. The van der Waals surface area contributed by atoms with Crippen molar-refractivity contribution in [3.63, 3.8) is 0 Å². The van der Waals surface area contributed by atoms with Gasteiger partial charge in [0.1, 0.15) is 24.0 Å². The summed E-state index contributed by atoms with van der Waals surface area (Å²) >= 11 is 0. The Morgan fingerprint density at radius 2 is 1.90 bits per heavy atom. The number of halogens is 2. The minimum atomic E-state index is -0.975. The Labute approximate surface area is 120 Å². The van der Waals surface area contributed by atoms with Crippen molar-refractivity contribution >= 4 is 11.7 Å². The molecule has 2 N–H and O–H groups in total. The van der Waals surface area contributed by atoms with Gasteiger partial charge in [0, 0.05) is 11.6 Å². The Balaban J connectivity index is 2.14. The van der Waals surface area contributed by atoms with Crippen molar-refractivity contribution < 1.29 is 23.0 Å². The van der Waals surface area contributed by atoms with E-state index in [2.05, 4.69) is 0 Å². The summed E-state index contributed by atoms with van der Waals surface area (Å²) in [6.07, 6.45) is 0. The van der Waals surface area contributed by atoms with E-state index in [1.807, 2.05) is 0 Å². The van der Waals surface area contributed by atoms with Gasteiger partial charge in [0.25, 0.3) is 0 Å². The minimum Gasteiger partial charge on any atom is -0.496 e. The number of nitrogens with two attached hydrogens (primary N) is 1. The number of benzene rings is 2. The van der Waals surface area contributed by atoms with E-state index in [0.717, 1.165) is 12.1 Å². The van der Waals surface area contributed by atoms with Gasteiger partial charge in [-0.15, -0.1) is 0 Å². The molecule has 6 heteroatoms. The third-order valence-electron chi connectivity index (χ3n) is 2.86. The Bertz CT molecular complexity index is 674. The first-order chi connectivity index (χ1) is 10.0. The lowest BCUT2D eigenvalue weighted by Gasteiger charge is -2.10. The molecule has 2 aromatic carbocycles. The highest BCUT2D eigenvalue weighted by atomic mass is 19.1. The molecule has 0 atom stereocenters. The van der Waals surface area contributed by atoms with E-state index in [9.17, 15) is 13.6 Å². The average Bonchev–Trinajstić information content (AvgIpc) is 2.48. The second-order valence-corrected chi connectivity index (χ2v) is 4.24. The van der Waals surface area contributed by atoms with E-state index < -0.39 is 23.2 Å². The van der Waals surface area contributed by atoms with Gasteiger partial charge >= 0.3 is 5.97 Å². The molecule has 0 saturated carbocycles. The standard InChI is InChI=1S/C15H13F2NO3/c1-20-14-5-3-2-4-9(14)8-21-15(19)10-6-12(17)13(18)7-11(10)16/h2-7H,8,18H2,1H3. The maximum atomic E-state index is 13.6. The molecule has 0 spiro atoms. The molecule has 2 aromatic rings. The van der Waals surface area contributed by atoms with Gasteiger partial charge in [0.05, 0.1) is 18.4 Å². The first-order valence-corrected chi connectivity index (χ1v) is 6.06. The first kappa shape index (κ1) is 14.8. The van der Waals surface area contributed by atoms with Crippen LogP contribution in [0.4, 0.5) is 14.5 Å². The van der Waals surface area contributed by atoms with Crippen LogP contribution >= 0.6 is 0 Å². The van der Waals surface area contributed by atoms with E-state index in [0.29, 0.717) is 11.3 Å². The van der Waals surface area contributed by atoms with E-state index in [-0.39, 0.29) is 12.3 Å². The summed E-state index contributed by atoms with van der Waals surface area (Å²) in [6, 6.07) is 8.37. The summed E-state index contributed by atoms with van der Waals surface area (Å²) in [7, 11) is 1.48. The molecule has 0 radical (unpaired) electrons. The lowest BCUT2D eigenvalue weighted by Crippen LogP contribution is -2.09. The highest BCUT2D eigenvalue weighted by Gasteiger charge is 2.17. The molecule has 110 valence electrons. The van der Waals surface area contributed by atoms with Crippen molar-refractivity contribution in [3.05, 3.63) is 59.2 Å². The number of ether oxygens (including phenoxy) is 2. The predicted octanol–water partition coefficient (Wildman–Crippen LogP) is 2.91. The Morgan fingerprint density at radius 1 is 1.19 bits per heavy atom. The molecule has 0 aliphatic rings. The fraction of sp³-hybridized carbons (Fsp3) is 0.133. The van der Waals surface area contributed by atoms with Crippen molar-refractivity contribution in [2.45, 2.75) is 6.61 Å². The van der Waals surface area contributed by atoms with Gasteiger partial charge in [0.2, 0.25) is 0 Å². The number of hydrogen-bond donors (Lipinski definition) is 1. The predicted molar refractivity (Wildman–Crippen MR) is 72.9 cm³/mol. The molecule has 0 aliphatic heterocycles. The Morgan fingerprint density at radius 3 is 2.62 bits per heavy atom. The number of methoxy groups -OCH3 is 1. The largest absolute Gasteiger partial charge is 0.496 e. The van der Waals surface area contributed by atoms with E-state index in [4.69, 9.17) is 15.2 Å². The monoisotopic (exact) mass is 293 g/mol. The summed E-state index contributed by atoms with van der Waals surface area (Å²) in [5.74, 6) is -2.24. The van der Waals surface area contributed by atoms with Crippen LogP contribution in [0.25, 0.3) is 0 Å². The zero-order valence-electron chi connectivity index (χ0n) is 11.2. The molecule has 0 saturated heterocycles. The van der Waals surface area contributed by atoms with Gasteiger partial charge in [0.15, 0.2) is 0 Å². The molecule has 4 nitrogen and oxygen atoms in total. The first-order valence-electron chi connectivity index (χ1n) is 6.06. The van der Waals surface area contributed by atoms with Crippen molar-refractivity contribution in [2.75, 3.05) is 12.8 Å². The van der Waals surface area contributed by atoms with E-state index in [1.54, 1.807) is 24.3 Å². The summed E-state index contributed by atoms with van der Waals surface area (Å²) in [5, 5.41) is 0. The van der Waals surface area contributed by atoms with Crippen molar-refractivity contribution in [1.82, 2.24) is 0 Å². The third-order valence-corrected chi connectivity index (χ3v) is 2.86. The summed E-state index contributed by atoms with van der Waals surface area (Å²) in [5.41, 5.74) is 4.95.